The van der Waals surface area contributed by atoms with Gasteiger partial charge in [0.1, 0.15) is 6.33 Å². The van der Waals surface area contributed by atoms with Crippen LogP contribution in [0.5, 0.6) is 0 Å². The Hall–Kier alpha value is -2.97. The number of aryl methyl sites for hydroxylation is 2. The maximum Gasteiger partial charge on any atom is 0.328 e. The number of rotatable bonds is 5. The summed E-state index contributed by atoms with van der Waals surface area (Å²) in [6.45, 7) is 0.652. The highest BCUT2D eigenvalue weighted by molar-refractivity contribution is 5.93. The Morgan fingerprint density at radius 1 is 1.14 bits per heavy atom. The monoisotopic (exact) mass is 383 g/mol. The molecule has 148 valence electrons. The van der Waals surface area contributed by atoms with E-state index in [0.717, 1.165) is 36.7 Å². The molecule has 9 heteroatoms. The second-order valence-corrected chi connectivity index (χ2v) is 7.90. The van der Waals surface area contributed by atoms with Crippen LogP contribution in [0.15, 0.2) is 29.3 Å². The largest absolute Gasteiger partial charge is 0.328 e. The molecule has 1 amide bonds. The van der Waals surface area contributed by atoms with Crippen molar-refractivity contribution in [3.63, 3.8) is 0 Å². The molecule has 0 spiro atoms. The quantitative estimate of drug-likeness (QED) is 0.725. The average molecular weight is 383 g/mol. The molecular formula is C19H25N7O2. The molecule has 1 aromatic carbocycles. The number of fused-ring (bicyclic) bond motifs is 1. The van der Waals surface area contributed by atoms with Gasteiger partial charge in [-0.15, -0.1) is 5.10 Å². The third-order valence-corrected chi connectivity index (χ3v) is 5.89. The van der Waals surface area contributed by atoms with E-state index < -0.39 is 0 Å². The van der Waals surface area contributed by atoms with Crippen molar-refractivity contribution >= 4 is 22.6 Å². The van der Waals surface area contributed by atoms with Gasteiger partial charge >= 0.3 is 5.69 Å². The topological polar surface area (TPSA) is 99.6 Å². The molecule has 3 aromatic rings. The number of carbonyl (C=O) groups excluding carboxylic acids is 1. The van der Waals surface area contributed by atoms with E-state index in [1.54, 1.807) is 34.2 Å². The molecule has 2 heterocycles. The molecule has 0 radical (unpaired) electrons. The molecule has 0 atom stereocenters. The molecule has 0 bridgehead atoms. The Morgan fingerprint density at radius 3 is 2.61 bits per heavy atom. The van der Waals surface area contributed by atoms with Gasteiger partial charge in [0.05, 0.1) is 17.6 Å². The maximum absolute atomic E-state index is 12.9. The van der Waals surface area contributed by atoms with E-state index in [4.69, 9.17) is 0 Å². The van der Waals surface area contributed by atoms with Crippen molar-refractivity contribution in [1.29, 1.82) is 0 Å². The summed E-state index contributed by atoms with van der Waals surface area (Å²) in [4.78, 5) is 25.0. The minimum absolute atomic E-state index is 0.0183. The number of carbonyl (C=O) groups is 1. The standard InChI is InChI=1S/C19H25N7O2/c1-24-15-7-6-14(10-16(15)25(2)18(24)28)21-17(27)11-19(8-4-3-5-9-19)12-26-13-20-22-23-26/h6-7,10,13H,3-5,8-9,11-12H2,1-2H3,(H,21,27). The van der Waals surface area contributed by atoms with Gasteiger partial charge in [0.15, 0.2) is 0 Å². The van der Waals surface area contributed by atoms with Gasteiger partial charge in [-0.1, -0.05) is 19.3 Å². The van der Waals surface area contributed by atoms with Crippen LogP contribution in [0.4, 0.5) is 5.69 Å². The molecule has 28 heavy (non-hydrogen) atoms. The Morgan fingerprint density at radius 2 is 1.89 bits per heavy atom. The van der Waals surface area contributed by atoms with Crippen LogP contribution in [0.3, 0.4) is 0 Å². The minimum atomic E-state index is -0.124. The highest BCUT2D eigenvalue weighted by Gasteiger charge is 2.35. The number of benzene rings is 1. The van der Waals surface area contributed by atoms with Crippen molar-refractivity contribution in [3.05, 3.63) is 35.0 Å². The number of hydrogen-bond acceptors (Lipinski definition) is 5. The highest BCUT2D eigenvalue weighted by Crippen LogP contribution is 2.41. The third kappa shape index (κ3) is 3.44. The van der Waals surface area contributed by atoms with E-state index in [9.17, 15) is 9.59 Å². The Bertz CT molecular complexity index is 1040. The highest BCUT2D eigenvalue weighted by atomic mass is 16.2. The number of hydrogen-bond donors (Lipinski definition) is 1. The van der Waals surface area contributed by atoms with Crippen LogP contribution < -0.4 is 11.0 Å². The SMILES string of the molecule is Cn1c(=O)n(C)c2cc(NC(=O)CC3(Cn4cnnn4)CCCCC3)ccc21. The summed E-state index contributed by atoms with van der Waals surface area (Å²) in [7, 11) is 3.48. The van der Waals surface area contributed by atoms with Crippen molar-refractivity contribution < 1.29 is 4.79 Å². The molecule has 2 aromatic heterocycles. The summed E-state index contributed by atoms with van der Waals surface area (Å²) < 4.78 is 4.92. The zero-order chi connectivity index (χ0) is 19.7. The van der Waals surface area contributed by atoms with Crippen LogP contribution in [0, 0.1) is 5.41 Å². The molecule has 0 unspecified atom stereocenters. The number of tetrazole rings is 1. The summed E-state index contributed by atoms with van der Waals surface area (Å²) in [5.74, 6) is -0.0183. The van der Waals surface area contributed by atoms with E-state index in [0.29, 0.717) is 18.7 Å². The maximum atomic E-state index is 12.9. The zero-order valence-corrected chi connectivity index (χ0v) is 16.3. The van der Waals surface area contributed by atoms with Crippen molar-refractivity contribution in [2.24, 2.45) is 19.5 Å². The van der Waals surface area contributed by atoms with E-state index in [1.165, 1.54) is 6.42 Å². The lowest BCUT2D eigenvalue weighted by Crippen LogP contribution is -2.34. The number of nitrogens with zero attached hydrogens (tertiary/aromatic N) is 6. The normalized spacial score (nSPS) is 16.4. The van der Waals surface area contributed by atoms with Gasteiger partial charge in [0.2, 0.25) is 5.91 Å². The summed E-state index contributed by atoms with van der Waals surface area (Å²) >= 11 is 0. The molecule has 1 saturated carbocycles. The first-order chi connectivity index (χ1) is 13.5. The molecular weight excluding hydrogens is 358 g/mol. The van der Waals surface area contributed by atoms with E-state index in [-0.39, 0.29) is 17.0 Å². The minimum Gasteiger partial charge on any atom is -0.326 e. The van der Waals surface area contributed by atoms with Crippen molar-refractivity contribution in [2.45, 2.75) is 45.1 Å². The molecule has 9 nitrogen and oxygen atoms in total. The summed E-state index contributed by atoms with van der Waals surface area (Å²) in [5.41, 5.74) is 2.13. The second kappa shape index (κ2) is 7.21. The second-order valence-electron chi connectivity index (χ2n) is 7.90. The fraction of sp³-hybridized carbons (Fsp3) is 0.526. The van der Waals surface area contributed by atoms with Crippen molar-refractivity contribution in [2.75, 3.05) is 5.32 Å². The first-order valence-electron chi connectivity index (χ1n) is 9.64. The lowest BCUT2D eigenvalue weighted by atomic mass is 9.71. The predicted molar refractivity (Wildman–Crippen MR) is 105 cm³/mol. The van der Waals surface area contributed by atoms with Crippen LogP contribution in [-0.2, 0) is 25.4 Å². The zero-order valence-electron chi connectivity index (χ0n) is 16.3. The van der Waals surface area contributed by atoms with Crippen LogP contribution in [-0.4, -0.2) is 35.2 Å². The van der Waals surface area contributed by atoms with E-state index in [2.05, 4.69) is 20.8 Å². The number of anilines is 1. The van der Waals surface area contributed by atoms with Gasteiger partial charge in [0, 0.05) is 26.2 Å². The summed E-state index contributed by atoms with van der Waals surface area (Å²) in [6, 6.07) is 5.56. The Labute approximate surface area is 162 Å². The van der Waals surface area contributed by atoms with Gasteiger partial charge in [-0.25, -0.2) is 9.48 Å². The fourth-order valence-corrected chi connectivity index (χ4v) is 4.42. The molecule has 0 aliphatic heterocycles. The van der Waals surface area contributed by atoms with Crippen molar-refractivity contribution in [3.8, 4) is 0 Å². The Balaban J connectivity index is 1.53. The van der Waals surface area contributed by atoms with E-state index in [1.807, 2.05) is 18.2 Å². The predicted octanol–water partition coefficient (Wildman–Crippen LogP) is 1.84. The summed E-state index contributed by atoms with van der Waals surface area (Å²) in [6.07, 6.45) is 7.47. The van der Waals surface area contributed by atoms with Crippen LogP contribution in [0.25, 0.3) is 11.0 Å². The first-order valence-corrected chi connectivity index (χ1v) is 9.64. The Kier molecular flexibility index (Phi) is 4.74. The summed E-state index contributed by atoms with van der Waals surface area (Å²) in [5, 5.41) is 14.4. The first kappa shape index (κ1) is 18.4. The number of imidazole rings is 1. The lowest BCUT2D eigenvalue weighted by molar-refractivity contribution is -0.119. The molecule has 1 fully saturated rings. The van der Waals surface area contributed by atoms with Gasteiger partial charge < -0.3 is 5.32 Å². The van der Waals surface area contributed by atoms with Crippen LogP contribution in [0.2, 0.25) is 0 Å². The number of nitrogens with one attached hydrogen (secondary N) is 1. The number of amides is 1. The molecule has 1 aliphatic carbocycles. The average Bonchev–Trinajstić information content (AvgIpc) is 3.25. The lowest BCUT2D eigenvalue weighted by Gasteiger charge is -2.36. The number of aromatic nitrogens is 6. The smallest absolute Gasteiger partial charge is 0.326 e. The molecule has 1 aliphatic rings. The van der Waals surface area contributed by atoms with E-state index >= 15 is 0 Å². The van der Waals surface area contributed by atoms with Crippen molar-refractivity contribution in [1.82, 2.24) is 29.3 Å². The van der Waals surface area contributed by atoms with Gasteiger partial charge in [-0.3, -0.25) is 13.9 Å². The molecule has 0 saturated heterocycles. The van der Waals surface area contributed by atoms with Gasteiger partial charge in [-0.2, -0.15) is 0 Å². The van der Waals surface area contributed by atoms with Gasteiger partial charge in [-0.05, 0) is 46.9 Å². The van der Waals surface area contributed by atoms with Crippen LogP contribution in [0.1, 0.15) is 38.5 Å². The third-order valence-electron chi connectivity index (χ3n) is 5.89. The molecule has 1 N–H and O–H groups in total. The fourth-order valence-electron chi connectivity index (χ4n) is 4.42. The molecule has 4 rings (SSSR count). The van der Waals surface area contributed by atoms with Crippen LogP contribution >= 0.6 is 0 Å². The van der Waals surface area contributed by atoms with Gasteiger partial charge in [0.25, 0.3) is 0 Å².